The lowest BCUT2D eigenvalue weighted by Crippen LogP contribution is -2.27. The van der Waals surface area contributed by atoms with Crippen molar-refractivity contribution in [3.05, 3.63) is 0 Å². The standard InChI is InChI=1S/C4H9BN3/c1-6-4-8(5)7(2)3/h4H,2H2,1,3H3/q+1. The quantitative estimate of drug-likeness (QED) is 0.151. The van der Waals surface area contributed by atoms with Gasteiger partial charge in [0.2, 0.25) is 0 Å². The van der Waals surface area contributed by atoms with Gasteiger partial charge in [0.05, 0.1) is 0 Å². The van der Waals surface area contributed by atoms with Crippen LogP contribution in [0.1, 0.15) is 0 Å². The summed E-state index contributed by atoms with van der Waals surface area (Å²) in [6.07, 6.45) is 1.47. The van der Waals surface area contributed by atoms with E-state index in [9.17, 15) is 0 Å². The lowest BCUT2D eigenvalue weighted by atomic mass is 10.4. The van der Waals surface area contributed by atoms with E-state index in [4.69, 9.17) is 7.98 Å². The molecule has 0 aromatic heterocycles. The third-order valence-electron chi connectivity index (χ3n) is 0.628. The summed E-state index contributed by atoms with van der Waals surface area (Å²) >= 11 is 0. The van der Waals surface area contributed by atoms with E-state index in [1.165, 1.54) is 15.9 Å². The van der Waals surface area contributed by atoms with Crippen LogP contribution >= 0.6 is 0 Å². The Morgan fingerprint density at radius 3 is 2.50 bits per heavy atom. The zero-order chi connectivity index (χ0) is 6.57. The molecular formula is C4H9BN3+. The van der Waals surface area contributed by atoms with Gasteiger partial charge in [-0.25, -0.2) is 4.92 Å². The number of rotatable bonds is 2. The fourth-order valence-corrected chi connectivity index (χ4v) is 0.206. The molecule has 0 rings (SSSR count). The molecule has 0 saturated carbocycles. The zero-order valence-corrected chi connectivity index (χ0v) is 5.20. The van der Waals surface area contributed by atoms with Crippen LogP contribution in [0, 0.1) is 0 Å². The van der Waals surface area contributed by atoms with E-state index >= 15 is 0 Å². The van der Waals surface area contributed by atoms with Crippen LogP contribution in [0.25, 0.3) is 0 Å². The summed E-state index contributed by atoms with van der Waals surface area (Å²) in [4.78, 5) is 4.93. The average molecular weight is 110 g/mol. The Hall–Kier alpha value is -0.795. The summed E-state index contributed by atoms with van der Waals surface area (Å²) in [5.41, 5.74) is 0. The lowest BCUT2D eigenvalue weighted by molar-refractivity contribution is -0.602. The SMILES string of the molecule is [B]N(C=NC)[N+](=C)C. The lowest BCUT2D eigenvalue weighted by Gasteiger charge is -2.03. The Bertz CT molecular complexity index is 110. The first-order valence-corrected chi connectivity index (χ1v) is 2.19. The Kier molecular flexibility index (Phi) is 2.92. The molecule has 0 aromatic carbocycles. The van der Waals surface area contributed by atoms with Crippen LogP contribution in [0.2, 0.25) is 0 Å². The monoisotopic (exact) mass is 110 g/mol. The molecule has 0 atom stereocenters. The van der Waals surface area contributed by atoms with Gasteiger partial charge in [0.15, 0.2) is 13.8 Å². The van der Waals surface area contributed by atoms with Gasteiger partial charge in [-0.15, -0.1) is 4.68 Å². The van der Waals surface area contributed by atoms with Gasteiger partial charge in [-0.3, -0.25) is 4.99 Å². The van der Waals surface area contributed by atoms with Gasteiger partial charge in [0.1, 0.15) is 6.34 Å². The topological polar surface area (TPSA) is 18.6 Å². The summed E-state index contributed by atoms with van der Waals surface area (Å²) in [7, 11) is 8.64. The van der Waals surface area contributed by atoms with Crippen LogP contribution in [0.5, 0.6) is 0 Å². The zero-order valence-electron chi connectivity index (χ0n) is 5.20. The van der Waals surface area contributed by atoms with Crippen molar-refractivity contribution < 1.29 is 4.68 Å². The van der Waals surface area contributed by atoms with Crippen LogP contribution in [0.4, 0.5) is 0 Å². The van der Waals surface area contributed by atoms with E-state index in [1.54, 1.807) is 14.1 Å². The van der Waals surface area contributed by atoms with Gasteiger partial charge in [-0.1, -0.05) is 0 Å². The minimum Gasteiger partial charge on any atom is -0.275 e. The van der Waals surface area contributed by atoms with Gasteiger partial charge >= 0.3 is 7.98 Å². The smallest absolute Gasteiger partial charge is 0.275 e. The van der Waals surface area contributed by atoms with Crippen molar-refractivity contribution in [3.8, 4) is 0 Å². The molecule has 0 spiro atoms. The third kappa shape index (κ3) is 2.39. The Labute approximate surface area is 50.7 Å². The summed E-state index contributed by atoms with van der Waals surface area (Å²) in [6, 6.07) is 0. The van der Waals surface area contributed by atoms with Gasteiger partial charge in [0.25, 0.3) is 0 Å². The minimum atomic E-state index is 1.28. The molecular weight excluding hydrogens is 101 g/mol. The van der Waals surface area contributed by atoms with Crippen molar-refractivity contribution in [1.82, 2.24) is 4.92 Å². The molecule has 0 fully saturated rings. The van der Waals surface area contributed by atoms with Crippen molar-refractivity contribution in [2.75, 3.05) is 14.1 Å². The highest BCUT2D eigenvalue weighted by Crippen LogP contribution is 1.68. The largest absolute Gasteiger partial charge is 0.327 e. The number of hydrazine groups is 1. The van der Waals surface area contributed by atoms with Crippen molar-refractivity contribution in [3.63, 3.8) is 0 Å². The van der Waals surface area contributed by atoms with Crippen LogP contribution in [0.15, 0.2) is 4.99 Å². The Morgan fingerprint density at radius 2 is 2.38 bits per heavy atom. The maximum Gasteiger partial charge on any atom is 0.327 e. The second-order valence-electron chi connectivity index (χ2n) is 1.41. The summed E-state index contributed by atoms with van der Waals surface area (Å²) < 4.78 is 1.47. The molecule has 2 radical (unpaired) electrons. The molecule has 0 heterocycles. The van der Waals surface area contributed by atoms with Crippen molar-refractivity contribution in [2.24, 2.45) is 4.99 Å². The van der Waals surface area contributed by atoms with E-state index in [0.717, 1.165) is 0 Å². The maximum atomic E-state index is 5.27. The molecule has 0 aliphatic rings. The van der Waals surface area contributed by atoms with Crippen LogP contribution in [0.3, 0.4) is 0 Å². The number of aliphatic imine (C=N–C) groups is 1. The molecule has 0 unspecified atom stereocenters. The molecule has 0 amide bonds. The second-order valence-corrected chi connectivity index (χ2v) is 1.41. The summed E-state index contributed by atoms with van der Waals surface area (Å²) in [5, 5.41) is 0. The van der Waals surface area contributed by atoms with Gasteiger partial charge < -0.3 is 0 Å². The summed E-state index contributed by atoms with van der Waals surface area (Å²) in [5.74, 6) is 0. The third-order valence-corrected chi connectivity index (χ3v) is 0.628. The van der Waals surface area contributed by atoms with Crippen molar-refractivity contribution in [2.45, 2.75) is 0 Å². The molecule has 0 aromatic rings. The molecule has 0 aliphatic heterocycles. The number of hydrazone groups is 1. The van der Waals surface area contributed by atoms with Crippen LogP contribution < -0.4 is 0 Å². The highest BCUT2D eigenvalue weighted by Gasteiger charge is 1.92. The Balaban J connectivity index is 3.64. The summed E-state index contributed by atoms with van der Waals surface area (Å²) in [6.45, 7) is 3.50. The molecule has 4 heteroatoms. The van der Waals surface area contributed by atoms with Gasteiger partial charge in [0, 0.05) is 7.05 Å². The van der Waals surface area contributed by atoms with Crippen molar-refractivity contribution >= 4 is 21.0 Å². The molecule has 0 bridgehead atoms. The van der Waals surface area contributed by atoms with Crippen molar-refractivity contribution in [1.29, 1.82) is 0 Å². The van der Waals surface area contributed by atoms with Gasteiger partial charge in [-0.2, -0.15) is 0 Å². The second kappa shape index (κ2) is 3.24. The van der Waals surface area contributed by atoms with E-state index in [-0.39, 0.29) is 0 Å². The number of hydrogen-bond acceptors (Lipinski definition) is 1. The Morgan fingerprint density at radius 1 is 1.88 bits per heavy atom. The first-order chi connectivity index (χ1) is 3.68. The maximum absolute atomic E-state index is 5.27. The molecule has 0 aliphatic carbocycles. The fourth-order valence-electron chi connectivity index (χ4n) is 0.206. The van der Waals surface area contributed by atoms with Gasteiger partial charge in [-0.05, 0) is 0 Å². The molecule has 3 nitrogen and oxygen atoms in total. The highest BCUT2D eigenvalue weighted by molar-refractivity contribution is 6.09. The fraction of sp³-hybridized carbons (Fsp3) is 0.500. The predicted molar refractivity (Wildman–Crippen MR) is 35.3 cm³/mol. The van der Waals surface area contributed by atoms with Crippen LogP contribution in [-0.4, -0.2) is 44.7 Å². The normalized spacial score (nSPS) is 9.75. The minimum absolute atomic E-state index is 1.28. The first-order valence-electron chi connectivity index (χ1n) is 2.19. The van der Waals surface area contributed by atoms with E-state index in [1.807, 2.05) is 0 Å². The molecule has 42 valence electrons. The van der Waals surface area contributed by atoms with E-state index < -0.39 is 0 Å². The predicted octanol–water partition coefficient (Wildman–Crippen LogP) is -0.712. The number of hydrogen-bond donors (Lipinski definition) is 0. The average Bonchev–Trinajstić information content (AvgIpc) is 1.67. The molecule has 8 heavy (non-hydrogen) atoms. The first kappa shape index (κ1) is 7.20. The molecule has 0 saturated heterocycles. The van der Waals surface area contributed by atoms with E-state index in [2.05, 4.69) is 11.7 Å². The van der Waals surface area contributed by atoms with E-state index in [0.29, 0.717) is 0 Å². The highest BCUT2D eigenvalue weighted by atomic mass is 15.5. The number of nitrogens with zero attached hydrogens (tertiary/aromatic N) is 3. The molecule has 0 N–H and O–H groups in total. The van der Waals surface area contributed by atoms with Crippen LogP contribution in [-0.2, 0) is 0 Å².